The fourth-order valence-corrected chi connectivity index (χ4v) is 0.952. The van der Waals surface area contributed by atoms with Crippen molar-refractivity contribution in [2.75, 3.05) is 26.4 Å². The van der Waals surface area contributed by atoms with Gasteiger partial charge in [-0.25, -0.2) is 4.79 Å². The van der Waals surface area contributed by atoms with Crippen molar-refractivity contribution >= 4 is 11.9 Å². The zero-order chi connectivity index (χ0) is 14.9. The van der Waals surface area contributed by atoms with Crippen LogP contribution in [0.5, 0.6) is 0 Å². The second kappa shape index (κ2) is 8.69. The lowest BCUT2D eigenvalue weighted by Gasteiger charge is -2.20. The monoisotopic (exact) mass is 272 g/mol. The molecule has 0 aliphatic heterocycles. The van der Waals surface area contributed by atoms with Crippen LogP contribution in [-0.2, 0) is 23.8 Å². The summed E-state index contributed by atoms with van der Waals surface area (Å²) in [6, 6.07) is 0. The van der Waals surface area contributed by atoms with Gasteiger partial charge in [0, 0.05) is 5.57 Å². The Morgan fingerprint density at radius 2 is 1.58 bits per heavy atom. The maximum absolute atomic E-state index is 11.6. The fraction of sp³-hybridized carbons (Fsp3) is 0.714. The highest BCUT2D eigenvalue weighted by atomic mass is 16.6. The number of ether oxygens (including phenoxy) is 3. The number of carbonyl (C=O) groups excluding carboxylic acids is 2. The van der Waals surface area contributed by atoms with Gasteiger partial charge in [0.05, 0.1) is 18.6 Å². The van der Waals surface area contributed by atoms with Crippen molar-refractivity contribution in [3.05, 3.63) is 12.2 Å². The second-order valence-electron chi connectivity index (χ2n) is 4.90. The third kappa shape index (κ3) is 7.62. The maximum Gasteiger partial charge on any atom is 0.333 e. The third-order valence-corrected chi connectivity index (χ3v) is 2.71. The van der Waals surface area contributed by atoms with Crippen molar-refractivity contribution in [2.45, 2.75) is 34.1 Å². The molecule has 0 aliphatic rings. The number of rotatable bonds is 9. The van der Waals surface area contributed by atoms with Crippen LogP contribution >= 0.6 is 0 Å². The maximum atomic E-state index is 11.6. The van der Waals surface area contributed by atoms with Crippen LogP contribution in [0, 0.1) is 5.41 Å². The standard InChI is InChI=1S/C14H24O5/c1-6-14(4,5)13(16)19-10-8-17-7-9-18-12(15)11(2)3/h2,6-10H2,1,3-5H3. The van der Waals surface area contributed by atoms with Crippen molar-refractivity contribution in [1.82, 2.24) is 0 Å². The minimum Gasteiger partial charge on any atom is -0.463 e. The summed E-state index contributed by atoms with van der Waals surface area (Å²) < 4.78 is 15.1. The van der Waals surface area contributed by atoms with Gasteiger partial charge >= 0.3 is 11.9 Å². The van der Waals surface area contributed by atoms with Crippen molar-refractivity contribution < 1.29 is 23.8 Å². The van der Waals surface area contributed by atoms with E-state index >= 15 is 0 Å². The summed E-state index contributed by atoms with van der Waals surface area (Å²) in [4.78, 5) is 22.6. The van der Waals surface area contributed by atoms with E-state index < -0.39 is 11.4 Å². The smallest absolute Gasteiger partial charge is 0.333 e. The van der Waals surface area contributed by atoms with Crippen LogP contribution in [0.1, 0.15) is 34.1 Å². The molecular formula is C14H24O5. The molecule has 0 radical (unpaired) electrons. The lowest BCUT2D eigenvalue weighted by Crippen LogP contribution is -2.27. The third-order valence-electron chi connectivity index (χ3n) is 2.71. The average Bonchev–Trinajstić information content (AvgIpc) is 2.36. The predicted molar refractivity (Wildman–Crippen MR) is 71.6 cm³/mol. The Morgan fingerprint density at radius 3 is 2.05 bits per heavy atom. The van der Waals surface area contributed by atoms with Gasteiger partial charge in [-0.1, -0.05) is 13.5 Å². The summed E-state index contributed by atoms with van der Waals surface area (Å²) in [5.41, 5.74) is -0.104. The van der Waals surface area contributed by atoms with Gasteiger partial charge < -0.3 is 14.2 Å². The number of hydrogen-bond donors (Lipinski definition) is 0. The van der Waals surface area contributed by atoms with Gasteiger partial charge in [0.25, 0.3) is 0 Å². The van der Waals surface area contributed by atoms with E-state index in [2.05, 4.69) is 6.58 Å². The molecule has 0 rings (SSSR count). The Balaban J connectivity index is 3.54. The lowest BCUT2D eigenvalue weighted by molar-refractivity contribution is -0.155. The summed E-state index contributed by atoms with van der Waals surface area (Å²) in [5.74, 6) is -0.660. The molecule has 19 heavy (non-hydrogen) atoms. The van der Waals surface area contributed by atoms with Crippen molar-refractivity contribution in [3.8, 4) is 0 Å². The van der Waals surface area contributed by atoms with E-state index in [9.17, 15) is 9.59 Å². The van der Waals surface area contributed by atoms with Crippen molar-refractivity contribution in [3.63, 3.8) is 0 Å². The van der Waals surface area contributed by atoms with Crippen molar-refractivity contribution in [2.24, 2.45) is 5.41 Å². The Morgan fingerprint density at radius 1 is 1.05 bits per heavy atom. The van der Waals surface area contributed by atoms with E-state index in [-0.39, 0.29) is 32.4 Å². The number of hydrogen-bond acceptors (Lipinski definition) is 5. The minimum atomic E-state index is -0.461. The minimum absolute atomic E-state index is 0.167. The van der Waals surface area contributed by atoms with Gasteiger partial charge in [0.1, 0.15) is 13.2 Å². The molecule has 5 nitrogen and oxygen atoms in total. The van der Waals surface area contributed by atoms with Crippen LogP contribution < -0.4 is 0 Å². The van der Waals surface area contributed by atoms with E-state index in [1.165, 1.54) is 0 Å². The summed E-state index contributed by atoms with van der Waals surface area (Å²) in [6.07, 6.45) is 0.726. The van der Waals surface area contributed by atoms with Crippen LogP contribution in [0.25, 0.3) is 0 Å². The molecule has 0 unspecified atom stereocenters. The average molecular weight is 272 g/mol. The Bertz CT molecular complexity index is 320. The van der Waals surface area contributed by atoms with Gasteiger partial charge in [0.2, 0.25) is 0 Å². The molecular weight excluding hydrogens is 248 g/mol. The van der Waals surface area contributed by atoms with E-state index in [4.69, 9.17) is 14.2 Å². The Kier molecular flexibility index (Phi) is 8.07. The van der Waals surface area contributed by atoms with Gasteiger partial charge in [-0.05, 0) is 27.2 Å². The summed E-state index contributed by atoms with van der Waals surface area (Å²) in [5, 5.41) is 0. The number of esters is 2. The molecule has 110 valence electrons. The number of carbonyl (C=O) groups is 2. The predicted octanol–water partition coefficient (Wildman–Crippen LogP) is 2.10. The lowest BCUT2D eigenvalue weighted by atomic mass is 9.91. The Labute approximate surface area is 114 Å². The second-order valence-corrected chi connectivity index (χ2v) is 4.90. The first-order chi connectivity index (χ1) is 8.81. The first-order valence-electron chi connectivity index (χ1n) is 6.39. The highest BCUT2D eigenvalue weighted by Gasteiger charge is 2.26. The molecule has 0 fully saturated rings. The zero-order valence-corrected chi connectivity index (χ0v) is 12.3. The molecule has 0 aromatic carbocycles. The first-order valence-corrected chi connectivity index (χ1v) is 6.39. The molecule has 0 N–H and O–H groups in total. The summed E-state index contributed by atoms with van der Waals surface area (Å²) in [7, 11) is 0. The van der Waals surface area contributed by atoms with Crippen molar-refractivity contribution in [1.29, 1.82) is 0 Å². The van der Waals surface area contributed by atoms with E-state index in [1.54, 1.807) is 6.92 Å². The van der Waals surface area contributed by atoms with Crippen LogP contribution in [-0.4, -0.2) is 38.4 Å². The van der Waals surface area contributed by atoms with Crippen LogP contribution in [0.3, 0.4) is 0 Å². The molecule has 0 saturated heterocycles. The topological polar surface area (TPSA) is 61.8 Å². The van der Waals surface area contributed by atoms with E-state index in [0.29, 0.717) is 5.57 Å². The molecule has 0 heterocycles. The highest BCUT2D eigenvalue weighted by Crippen LogP contribution is 2.21. The summed E-state index contributed by atoms with van der Waals surface area (Å²) >= 11 is 0. The van der Waals surface area contributed by atoms with Crippen LogP contribution in [0.4, 0.5) is 0 Å². The largest absolute Gasteiger partial charge is 0.463 e. The highest BCUT2D eigenvalue weighted by molar-refractivity contribution is 5.86. The molecule has 5 heteroatoms. The van der Waals surface area contributed by atoms with E-state index in [0.717, 1.165) is 6.42 Å². The molecule has 0 aromatic heterocycles. The molecule has 0 atom stereocenters. The molecule has 0 spiro atoms. The normalized spacial score (nSPS) is 10.9. The van der Waals surface area contributed by atoms with Crippen LogP contribution in [0.2, 0.25) is 0 Å². The Hall–Kier alpha value is -1.36. The quantitative estimate of drug-likeness (QED) is 0.365. The van der Waals surface area contributed by atoms with Gasteiger partial charge in [-0.15, -0.1) is 0 Å². The first kappa shape index (κ1) is 17.6. The van der Waals surface area contributed by atoms with Crippen LogP contribution in [0.15, 0.2) is 12.2 Å². The molecule has 0 saturated carbocycles. The fourth-order valence-electron chi connectivity index (χ4n) is 0.952. The van der Waals surface area contributed by atoms with Gasteiger partial charge in [0.15, 0.2) is 0 Å². The van der Waals surface area contributed by atoms with Gasteiger partial charge in [-0.2, -0.15) is 0 Å². The molecule has 0 aromatic rings. The zero-order valence-electron chi connectivity index (χ0n) is 12.3. The SMILES string of the molecule is C=C(C)C(=O)OCCOCCOC(=O)C(C)(C)CC. The van der Waals surface area contributed by atoms with Gasteiger partial charge in [-0.3, -0.25) is 4.79 Å². The summed E-state index contributed by atoms with van der Waals surface area (Å²) in [6.45, 7) is 11.6. The molecule has 0 amide bonds. The molecule has 0 aliphatic carbocycles. The van der Waals surface area contributed by atoms with E-state index in [1.807, 2.05) is 20.8 Å². The molecule has 0 bridgehead atoms.